The summed E-state index contributed by atoms with van der Waals surface area (Å²) < 4.78 is 5.40. The van der Waals surface area contributed by atoms with Gasteiger partial charge in [0.1, 0.15) is 23.2 Å². The Balaban J connectivity index is 1.46. The third kappa shape index (κ3) is 4.22. The van der Waals surface area contributed by atoms with Crippen molar-refractivity contribution in [3.05, 3.63) is 35.6 Å². The molecule has 1 aliphatic rings. The van der Waals surface area contributed by atoms with Crippen molar-refractivity contribution in [2.45, 2.75) is 26.2 Å². The number of anilines is 1. The quantitative estimate of drug-likeness (QED) is 0.631. The highest BCUT2D eigenvalue weighted by atomic mass is 35.5. The molecule has 142 valence electrons. The molecule has 3 heterocycles. The van der Waals surface area contributed by atoms with Crippen LogP contribution >= 0.6 is 11.6 Å². The van der Waals surface area contributed by atoms with Gasteiger partial charge in [0, 0.05) is 23.7 Å². The predicted octanol–water partition coefficient (Wildman–Crippen LogP) is 4.47. The van der Waals surface area contributed by atoms with Gasteiger partial charge < -0.3 is 14.7 Å². The molecule has 3 aromatic rings. The summed E-state index contributed by atoms with van der Waals surface area (Å²) in [5, 5.41) is 9.09. The van der Waals surface area contributed by atoms with E-state index in [0.29, 0.717) is 16.4 Å². The molecule has 0 aliphatic carbocycles. The van der Waals surface area contributed by atoms with Gasteiger partial charge >= 0.3 is 0 Å². The molecule has 1 N–H and O–H groups in total. The molecular weight excluding hydrogens is 362 g/mol. The number of halogens is 1. The van der Waals surface area contributed by atoms with Crippen LogP contribution < -0.4 is 5.32 Å². The lowest BCUT2D eigenvalue weighted by Gasteiger charge is -2.30. The molecule has 6 nitrogen and oxygen atoms in total. The van der Waals surface area contributed by atoms with E-state index in [9.17, 15) is 0 Å². The molecule has 2 aromatic heterocycles. The minimum Gasteiger partial charge on any atom is -0.369 e. The van der Waals surface area contributed by atoms with Gasteiger partial charge in [0.25, 0.3) is 5.71 Å². The Morgan fingerprint density at radius 1 is 1.33 bits per heavy atom. The molecule has 0 amide bonds. The molecule has 1 aliphatic heterocycles. The maximum absolute atomic E-state index is 6.13. The van der Waals surface area contributed by atoms with E-state index in [1.54, 1.807) is 0 Å². The fraction of sp³-hybridized carbons (Fsp3) is 0.450. The standard InChI is InChI=1S/C20H24ClN5O/c1-14-5-3-9-26(12-14)10-4-8-22-19-17-18(15-6-2-7-16(21)11-15)25-27-20(17)24-13-23-19/h2,6-7,11,13-14H,3-5,8-10,12H2,1H3,(H,22,23,24)/t14-/m0/s1. The van der Waals surface area contributed by atoms with Crippen molar-refractivity contribution in [1.82, 2.24) is 20.0 Å². The van der Waals surface area contributed by atoms with Crippen LogP contribution in [0.5, 0.6) is 0 Å². The second kappa shape index (κ2) is 8.23. The SMILES string of the molecule is C[C@H]1CCCN(CCCNc2ncnc3onc(-c4cccc(Cl)c4)c23)C1. The Bertz CT molecular complexity index is 912. The van der Waals surface area contributed by atoms with E-state index >= 15 is 0 Å². The van der Waals surface area contributed by atoms with E-state index in [1.165, 1.54) is 32.3 Å². The van der Waals surface area contributed by atoms with Crippen molar-refractivity contribution in [2.24, 2.45) is 5.92 Å². The number of nitrogens with zero attached hydrogens (tertiary/aromatic N) is 4. The molecule has 0 radical (unpaired) electrons. The second-order valence-corrected chi connectivity index (χ2v) is 7.71. The van der Waals surface area contributed by atoms with Crippen molar-refractivity contribution < 1.29 is 4.52 Å². The molecule has 4 rings (SSSR count). The summed E-state index contributed by atoms with van der Waals surface area (Å²) in [6.07, 6.45) is 5.23. The summed E-state index contributed by atoms with van der Waals surface area (Å²) in [5.41, 5.74) is 2.08. The predicted molar refractivity (Wildman–Crippen MR) is 108 cm³/mol. The first-order valence-corrected chi connectivity index (χ1v) is 9.91. The van der Waals surface area contributed by atoms with Crippen molar-refractivity contribution in [3.8, 4) is 11.3 Å². The van der Waals surface area contributed by atoms with Gasteiger partial charge in [-0.15, -0.1) is 0 Å². The normalized spacial score (nSPS) is 18.1. The summed E-state index contributed by atoms with van der Waals surface area (Å²) >= 11 is 6.13. The average molecular weight is 386 g/mol. The number of hydrogen-bond donors (Lipinski definition) is 1. The van der Waals surface area contributed by atoms with Gasteiger partial charge in [0.05, 0.1) is 0 Å². The first kappa shape index (κ1) is 18.2. The van der Waals surface area contributed by atoms with E-state index in [1.807, 2.05) is 24.3 Å². The van der Waals surface area contributed by atoms with Crippen molar-refractivity contribution in [3.63, 3.8) is 0 Å². The molecular formula is C20H24ClN5O. The van der Waals surface area contributed by atoms with Crippen LogP contribution in [0.3, 0.4) is 0 Å². The number of piperidine rings is 1. The van der Waals surface area contributed by atoms with Crippen LogP contribution in [-0.2, 0) is 0 Å². The second-order valence-electron chi connectivity index (χ2n) is 7.27. The van der Waals surface area contributed by atoms with Crippen LogP contribution in [0, 0.1) is 5.92 Å². The number of nitrogens with one attached hydrogen (secondary N) is 1. The fourth-order valence-electron chi connectivity index (χ4n) is 3.75. The molecule has 0 bridgehead atoms. The molecule has 0 spiro atoms. The minimum atomic E-state index is 0.479. The largest absolute Gasteiger partial charge is 0.369 e. The Kier molecular flexibility index (Phi) is 5.55. The molecule has 1 aromatic carbocycles. The van der Waals surface area contributed by atoms with Gasteiger partial charge in [0.15, 0.2) is 0 Å². The zero-order chi connectivity index (χ0) is 18.6. The zero-order valence-electron chi connectivity index (χ0n) is 15.5. The lowest BCUT2D eigenvalue weighted by Crippen LogP contribution is -2.35. The highest BCUT2D eigenvalue weighted by Gasteiger charge is 2.18. The van der Waals surface area contributed by atoms with Crippen LogP contribution in [0.15, 0.2) is 35.1 Å². The zero-order valence-corrected chi connectivity index (χ0v) is 16.2. The van der Waals surface area contributed by atoms with Gasteiger partial charge in [0.2, 0.25) is 0 Å². The summed E-state index contributed by atoms with van der Waals surface area (Å²) in [7, 11) is 0. The van der Waals surface area contributed by atoms with E-state index in [4.69, 9.17) is 16.1 Å². The van der Waals surface area contributed by atoms with E-state index in [2.05, 4.69) is 32.3 Å². The summed E-state index contributed by atoms with van der Waals surface area (Å²) in [4.78, 5) is 11.2. The first-order valence-electron chi connectivity index (χ1n) is 9.53. The molecule has 0 saturated carbocycles. The number of rotatable bonds is 6. The lowest BCUT2D eigenvalue weighted by atomic mass is 10.0. The first-order chi connectivity index (χ1) is 13.2. The van der Waals surface area contributed by atoms with Gasteiger partial charge in [-0.2, -0.15) is 4.98 Å². The van der Waals surface area contributed by atoms with E-state index in [-0.39, 0.29) is 0 Å². The average Bonchev–Trinajstić information content (AvgIpc) is 3.10. The van der Waals surface area contributed by atoms with E-state index in [0.717, 1.165) is 42.2 Å². The monoisotopic (exact) mass is 385 g/mol. The van der Waals surface area contributed by atoms with Crippen LogP contribution in [0.2, 0.25) is 5.02 Å². The van der Waals surface area contributed by atoms with Crippen molar-refractivity contribution >= 4 is 28.5 Å². The molecule has 7 heteroatoms. The third-order valence-corrected chi connectivity index (χ3v) is 5.29. The number of hydrogen-bond acceptors (Lipinski definition) is 6. The summed E-state index contributed by atoms with van der Waals surface area (Å²) in [6, 6.07) is 7.56. The molecule has 1 fully saturated rings. The Labute approximate surface area is 163 Å². The highest BCUT2D eigenvalue weighted by Crippen LogP contribution is 2.32. The van der Waals surface area contributed by atoms with Gasteiger partial charge in [-0.25, -0.2) is 4.98 Å². The molecule has 0 unspecified atom stereocenters. The van der Waals surface area contributed by atoms with Crippen LogP contribution in [0.4, 0.5) is 5.82 Å². The van der Waals surface area contributed by atoms with Gasteiger partial charge in [-0.1, -0.05) is 35.8 Å². The minimum absolute atomic E-state index is 0.479. The molecule has 1 atom stereocenters. The molecule has 1 saturated heterocycles. The smallest absolute Gasteiger partial charge is 0.263 e. The Morgan fingerprint density at radius 2 is 2.26 bits per heavy atom. The van der Waals surface area contributed by atoms with Crippen LogP contribution in [-0.4, -0.2) is 46.2 Å². The third-order valence-electron chi connectivity index (χ3n) is 5.06. The van der Waals surface area contributed by atoms with E-state index < -0.39 is 0 Å². The number of aromatic nitrogens is 3. The van der Waals surface area contributed by atoms with Crippen LogP contribution in [0.25, 0.3) is 22.4 Å². The number of benzene rings is 1. The Morgan fingerprint density at radius 3 is 3.11 bits per heavy atom. The van der Waals surface area contributed by atoms with Crippen LogP contribution in [0.1, 0.15) is 26.2 Å². The van der Waals surface area contributed by atoms with Gasteiger partial charge in [-0.3, -0.25) is 0 Å². The summed E-state index contributed by atoms with van der Waals surface area (Å²) in [5.74, 6) is 1.56. The lowest BCUT2D eigenvalue weighted by molar-refractivity contribution is 0.183. The Hall–Kier alpha value is -2.18. The van der Waals surface area contributed by atoms with Gasteiger partial charge in [-0.05, 0) is 50.4 Å². The number of likely N-dealkylation sites (tertiary alicyclic amines) is 1. The number of fused-ring (bicyclic) bond motifs is 1. The maximum Gasteiger partial charge on any atom is 0.263 e. The maximum atomic E-state index is 6.13. The highest BCUT2D eigenvalue weighted by molar-refractivity contribution is 6.30. The fourth-order valence-corrected chi connectivity index (χ4v) is 3.94. The molecule has 27 heavy (non-hydrogen) atoms. The summed E-state index contributed by atoms with van der Waals surface area (Å²) in [6.45, 7) is 6.72. The van der Waals surface area contributed by atoms with Crippen molar-refractivity contribution in [1.29, 1.82) is 0 Å². The van der Waals surface area contributed by atoms with Crippen molar-refractivity contribution in [2.75, 3.05) is 31.5 Å². The topological polar surface area (TPSA) is 67.1 Å².